The van der Waals surface area contributed by atoms with Gasteiger partial charge in [-0.1, -0.05) is 36.4 Å². The highest BCUT2D eigenvalue weighted by molar-refractivity contribution is 5.74. The van der Waals surface area contributed by atoms with Crippen molar-refractivity contribution in [2.75, 3.05) is 6.61 Å². The van der Waals surface area contributed by atoms with E-state index in [1.807, 2.05) is 24.3 Å². The first kappa shape index (κ1) is 15.2. The number of hydrogen-bond donors (Lipinski definition) is 3. The number of carbonyl (C=O) groups excluding carboxylic acids is 1. The molecular weight excluding hydrogens is 268 g/mol. The molecule has 1 aromatic heterocycles. The van der Waals surface area contributed by atoms with E-state index in [9.17, 15) is 15.0 Å². The molecule has 0 aliphatic heterocycles. The molecule has 0 radical (unpaired) electrons. The Morgan fingerprint density at radius 2 is 1.71 bits per heavy atom. The Labute approximate surface area is 123 Å². The fraction of sp³-hybridized carbons (Fsp3) is 0.250. The Hall–Kier alpha value is -2.24. The van der Waals surface area contributed by atoms with Crippen molar-refractivity contribution in [3.63, 3.8) is 0 Å². The van der Waals surface area contributed by atoms with Crippen LogP contribution in [-0.2, 0) is 11.3 Å². The Kier molecular flexibility index (Phi) is 5.43. The van der Waals surface area contributed by atoms with Gasteiger partial charge in [-0.3, -0.25) is 4.79 Å². The summed E-state index contributed by atoms with van der Waals surface area (Å²) in [6.45, 7) is -0.194. The molecule has 0 saturated carbocycles. The maximum absolute atomic E-state index is 12.0. The van der Waals surface area contributed by atoms with Gasteiger partial charge in [0, 0.05) is 12.1 Å². The van der Waals surface area contributed by atoms with E-state index in [2.05, 4.69) is 5.32 Å². The Bertz CT molecular complexity index is 560. The molecule has 0 fully saturated rings. The summed E-state index contributed by atoms with van der Waals surface area (Å²) in [5, 5.41) is 22.3. The zero-order valence-electron chi connectivity index (χ0n) is 11.6. The molecule has 0 unspecified atom stereocenters. The first-order valence-electron chi connectivity index (χ1n) is 6.78. The van der Waals surface area contributed by atoms with Crippen LogP contribution in [0, 0.1) is 0 Å². The van der Waals surface area contributed by atoms with Crippen molar-refractivity contribution in [1.29, 1.82) is 0 Å². The Morgan fingerprint density at radius 3 is 2.33 bits per heavy atom. The Balaban J connectivity index is 1.97. The number of pyridine rings is 1. The van der Waals surface area contributed by atoms with Gasteiger partial charge in [0.2, 0.25) is 6.54 Å². The van der Waals surface area contributed by atoms with Gasteiger partial charge in [0.15, 0.2) is 12.4 Å². The van der Waals surface area contributed by atoms with E-state index in [1.165, 1.54) is 0 Å². The number of nitrogens with zero attached hydrogens (tertiary/aromatic N) is 1. The van der Waals surface area contributed by atoms with Gasteiger partial charge in [0.05, 0.1) is 12.6 Å². The largest absolute Gasteiger partial charge is 0.394 e. The quantitative estimate of drug-likeness (QED) is 0.664. The summed E-state index contributed by atoms with van der Waals surface area (Å²) in [5.41, 5.74) is 0.657. The van der Waals surface area contributed by atoms with Crippen LogP contribution in [0.15, 0.2) is 60.9 Å². The molecule has 5 nitrogen and oxygen atoms in total. The molecule has 2 rings (SSSR count). The lowest BCUT2D eigenvalue weighted by atomic mass is 10.0. The third-order valence-electron chi connectivity index (χ3n) is 3.17. The summed E-state index contributed by atoms with van der Waals surface area (Å²) in [7, 11) is 0. The predicted octanol–water partition coefficient (Wildman–Crippen LogP) is 0.185. The molecule has 0 spiro atoms. The number of aromatic nitrogens is 1. The second-order valence-corrected chi connectivity index (χ2v) is 4.76. The number of benzene rings is 1. The maximum atomic E-state index is 12.0. The van der Waals surface area contributed by atoms with Crippen LogP contribution < -0.4 is 9.88 Å². The number of aliphatic hydroxyl groups is 2. The smallest absolute Gasteiger partial charge is 0.286 e. The summed E-state index contributed by atoms with van der Waals surface area (Å²) >= 11 is 0. The lowest BCUT2D eigenvalue weighted by molar-refractivity contribution is -0.684. The molecule has 2 aromatic rings. The SMILES string of the molecule is O=C(C[n+]1ccccc1)N[C@@H](CO)[C@@H](O)c1ccccc1. The highest BCUT2D eigenvalue weighted by Gasteiger charge is 2.23. The minimum absolute atomic E-state index is 0.138. The lowest BCUT2D eigenvalue weighted by Crippen LogP contribution is -2.48. The van der Waals surface area contributed by atoms with Crippen molar-refractivity contribution in [3.05, 3.63) is 66.5 Å². The molecule has 21 heavy (non-hydrogen) atoms. The standard InChI is InChI=1S/C16H18N2O3/c19-12-14(16(21)13-7-3-1-4-8-13)17-15(20)11-18-9-5-2-6-10-18/h1-10,14,16,19,21H,11-12H2/p+1/t14-,16-/m0/s1. The zero-order valence-corrected chi connectivity index (χ0v) is 11.6. The van der Waals surface area contributed by atoms with E-state index in [4.69, 9.17) is 0 Å². The van der Waals surface area contributed by atoms with Crippen LogP contribution in [0.25, 0.3) is 0 Å². The molecule has 0 aliphatic carbocycles. The minimum atomic E-state index is -0.944. The first-order chi connectivity index (χ1) is 10.2. The average Bonchev–Trinajstić information content (AvgIpc) is 2.53. The summed E-state index contributed by atoms with van der Waals surface area (Å²) in [5.74, 6) is -0.264. The molecule has 0 saturated heterocycles. The van der Waals surface area contributed by atoms with E-state index in [0.29, 0.717) is 5.56 Å². The second-order valence-electron chi connectivity index (χ2n) is 4.76. The van der Waals surface area contributed by atoms with Crippen molar-refractivity contribution in [2.45, 2.75) is 18.7 Å². The number of amides is 1. The molecule has 110 valence electrons. The van der Waals surface area contributed by atoms with Gasteiger partial charge in [0.25, 0.3) is 5.91 Å². The summed E-state index contributed by atoms with van der Waals surface area (Å²) in [6, 6.07) is 13.7. The van der Waals surface area contributed by atoms with Gasteiger partial charge < -0.3 is 15.5 Å². The Morgan fingerprint density at radius 1 is 1.10 bits per heavy atom. The summed E-state index contributed by atoms with van der Waals surface area (Å²) in [6.07, 6.45) is 2.61. The van der Waals surface area contributed by atoms with Gasteiger partial charge in [-0.2, -0.15) is 4.57 Å². The summed E-state index contributed by atoms with van der Waals surface area (Å²) < 4.78 is 1.72. The highest BCUT2D eigenvalue weighted by Crippen LogP contribution is 2.15. The van der Waals surface area contributed by atoms with Crippen LogP contribution in [0.2, 0.25) is 0 Å². The minimum Gasteiger partial charge on any atom is -0.394 e. The van der Waals surface area contributed by atoms with Crippen LogP contribution in [0.5, 0.6) is 0 Å². The number of carbonyl (C=O) groups is 1. The maximum Gasteiger partial charge on any atom is 0.286 e. The van der Waals surface area contributed by atoms with Crippen molar-refractivity contribution >= 4 is 5.91 Å². The number of aliphatic hydroxyl groups excluding tert-OH is 2. The number of nitrogens with one attached hydrogen (secondary N) is 1. The average molecular weight is 287 g/mol. The van der Waals surface area contributed by atoms with E-state index < -0.39 is 12.1 Å². The molecule has 2 atom stereocenters. The van der Waals surface area contributed by atoms with Crippen molar-refractivity contribution in [3.8, 4) is 0 Å². The molecule has 1 aromatic carbocycles. The van der Waals surface area contributed by atoms with Gasteiger partial charge >= 0.3 is 0 Å². The fourth-order valence-electron chi connectivity index (χ4n) is 2.06. The van der Waals surface area contributed by atoms with Gasteiger partial charge in [0.1, 0.15) is 6.10 Å². The van der Waals surface area contributed by atoms with Crippen LogP contribution in [0.1, 0.15) is 11.7 Å². The summed E-state index contributed by atoms with van der Waals surface area (Å²) in [4.78, 5) is 12.0. The normalized spacial score (nSPS) is 13.4. The van der Waals surface area contributed by atoms with E-state index >= 15 is 0 Å². The highest BCUT2D eigenvalue weighted by atomic mass is 16.3. The molecule has 5 heteroatoms. The second kappa shape index (κ2) is 7.52. The monoisotopic (exact) mass is 287 g/mol. The molecule has 3 N–H and O–H groups in total. The van der Waals surface area contributed by atoms with Crippen molar-refractivity contribution in [1.82, 2.24) is 5.32 Å². The van der Waals surface area contributed by atoms with Crippen molar-refractivity contribution < 1.29 is 19.6 Å². The number of rotatable bonds is 6. The van der Waals surface area contributed by atoms with E-state index in [0.717, 1.165) is 0 Å². The van der Waals surface area contributed by atoms with Crippen LogP contribution in [0.3, 0.4) is 0 Å². The van der Waals surface area contributed by atoms with E-state index in [1.54, 1.807) is 41.2 Å². The molecular formula is C16H19N2O3+. The molecule has 1 heterocycles. The molecule has 0 bridgehead atoms. The van der Waals surface area contributed by atoms with Gasteiger partial charge in [-0.05, 0) is 5.56 Å². The number of hydrogen-bond acceptors (Lipinski definition) is 3. The van der Waals surface area contributed by atoms with Gasteiger partial charge in [-0.25, -0.2) is 0 Å². The first-order valence-corrected chi connectivity index (χ1v) is 6.78. The fourth-order valence-corrected chi connectivity index (χ4v) is 2.06. The predicted molar refractivity (Wildman–Crippen MR) is 77.1 cm³/mol. The van der Waals surface area contributed by atoms with Crippen LogP contribution in [0.4, 0.5) is 0 Å². The third-order valence-corrected chi connectivity index (χ3v) is 3.17. The topological polar surface area (TPSA) is 73.4 Å². The molecule has 0 aliphatic rings. The van der Waals surface area contributed by atoms with Gasteiger partial charge in [-0.15, -0.1) is 0 Å². The van der Waals surface area contributed by atoms with Crippen LogP contribution >= 0.6 is 0 Å². The van der Waals surface area contributed by atoms with Crippen LogP contribution in [-0.4, -0.2) is 28.8 Å². The van der Waals surface area contributed by atoms with E-state index in [-0.39, 0.29) is 19.1 Å². The zero-order chi connectivity index (χ0) is 15.1. The lowest BCUT2D eigenvalue weighted by Gasteiger charge is -2.22. The third kappa shape index (κ3) is 4.37. The van der Waals surface area contributed by atoms with Crippen molar-refractivity contribution in [2.24, 2.45) is 0 Å². The molecule has 1 amide bonds.